The van der Waals surface area contributed by atoms with E-state index in [1.54, 1.807) is 0 Å². The van der Waals surface area contributed by atoms with Gasteiger partial charge in [-0.2, -0.15) is 0 Å². The van der Waals surface area contributed by atoms with E-state index < -0.39 is 11.7 Å². The van der Waals surface area contributed by atoms with Crippen LogP contribution in [0.15, 0.2) is 0 Å². The van der Waals surface area contributed by atoms with E-state index >= 15 is 0 Å². The number of hydrogen-bond donors (Lipinski definition) is 3. The number of aliphatic hydroxyl groups is 1. The van der Waals surface area contributed by atoms with Crippen molar-refractivity contribution >= 4 is 6.09 Å². The van der Waals surface area contributed by atoms with Crippen molar-refractivity contribution in [2.75, 3.05) is 19.7 Å². The molecule has 0 saturated heterocycles. The third-order valence-electron chi connectivity index (χ3n) is 1.94. The van der Waals surface area contributed by atoms with Crippen LogP contribution in [0.1, 0.15) is 34.1 Å². The highest BCUT2D eigenvalue weighted by Gasteiger charge is 2.15. The molecule has 1 amide bonds. The summed E-state index contributed by atoms with van der Waals surface area (Å²) in [5, 5.41) is 14.7. The standard InChI is InChI=1S/C11H24N2O3/c1-5-9(8-14)12-6-7-13-10(15)16-11(2,3)4/h9,12,14H,5-8H2,1-4H3,(H,13,15)/t9-/m0/s1. The van der Waals surface area contributed by atoms with Crippen LogP contribution >= 0.6 is 0 Å². The number of carbonyl (C=O) groups excluding carboxylic acids is 1. The van der Waals surface area contributed by atoms with E-state index in [1.165, 1.54) is 0 Å². The first-order valence-electron chi connectivity index (χ1n) is 5.70. The van der Waals surface area contributed by atoms with Gasteiger partial charge in [0.25, 0.3) is 0 Å². The minimum atomic E-state index is -0.464. The summed E-state index contributed by atoms with van der Waals surface area (Å²) in [5.74, 6) is 0. The van der Waals surface area contributed by atoms with E-state index in [4.69, 9.17) is 9.84 Å². The van der Waals surface area contributed by atoms with Crippen LogP contribution in [0.3, 0.4) is 0 Å². The second kappa shape index (κ2) is 7.46. The Morgan fingerprint density at radius 3 is 2.44 bits per heavy atom. The first kappa shape index (κ1) is 15.2. The molecule has 0 heterocycles. The summed E-state index contributed by atoms with van der Waals surface area (Å²) in [6.45, 7) is 8.69. The number of aliphatic hydroxyl groups excluding tert-OH is 1. The number of nitrogens with one attached hydrogen (secondary N) is 2. The van der Waals surface area contributed by atoms with Gasteiger partial charge in [0.05, 0.1) is 6.61 Å². The van der Waals surface area contributed by atoms with Crippen molar-refractivity contribution in [2.24, 2.45) is 0 Å². The maximum absolute atomic E-state index is 11.2. The van der Waals surface area contributed by atoms with Crippen LogP contribution < -0.4 is 10.6 Å². The van der Waals surface area contributed by atoms with Crippen LogP contribution in [0.5, 0.6) is 0 Å². The van der Waals surface area contributed by atoms with Gasteiger partial charge in [0.1, 0.15) is 5.60 Å². The number of alkyl carbamates (subject to hydrolysis) is 1. The summed E-state index contributed by atoms with van der Waals surface area (Å²) in [6.07, 6.45) is 0.453. The molecular weight excluding hydrogens is 208 g/mol. The minimum Gasteiger partial charge on any atom is -0.444 e. The number of rotatable bonds is 6. The Labute approximate surface area is 97.6 Å². The number of amides is 1. The van der Waals surface area contributed by atoms with Crippen molar-refractivity contribution < 1.29 is 14.6 Å². The molecule has 5 heteroatoms. The molecule has 5 nitrogen and oxygen atoms in total. The van der Waals surface area contributed by atoms with Crippen molar-refractivity contribution in [2.45, 2.75) is 45.8 Å². The van der Waals surface area contributed by atoms with Crippen LogP contribution in [0.25, 0.3) is 0 Å². The van der Waals surface area contributed by atoms with Gasteiger partial charge in [-0.3, -0.25) is 0 Å². The predicted octanol–water partition coefficient (Wildman–Crippen LogP) is 0.872. The predicted molar refractivity (Wildman–Crippen MR) is 63.4 cm³/mol. The fourth-order valence-corrected chi connectivity index (χ4v) is 1.09. The van der Waals surface area contributed by atoms with Crippen LogP contribution in [0.4, 0.5) is 4.79 Å². The van der Waals surface area contributed by atoms with Crippen molar-refractivity contribution in [3.8, 4) is 0 Å². The molecule has 96 valence electrons. The molecule has 0 rings (SSSR count). The minimum absolute atomic E-state index is 0.0976. The summed E-state index contributed by atoms with van der Waals surface area (Å²) in [6, 6.07) is 0.0976. The van der Waals surface area contributed by atoms with Gasteiger partial charge in [-0.05, 0) is 27.2 Å². The van der Waals surface area contributed by atoms with Gasteiger partial charge in [0.15, 0.2) is 0 Å². The highest BCUT2D eigenvalue weighted by atomic mass is 16.6. The zero-order valence-electron chi connectivity index (χ0n) is 10.7. The first-order chi connectivity index (χ1) is 7.39. The SMILES string of the molecule is CC[C@@H](CO)NCCNC(=O)OC(C)(C)C. The van der Waals surface area contributed by atoms with Crippen LogP contribution in [-0.4, -0.2) is 42.5 Å². The summed E-state index contributed by atoms with van der Waals surface area (Å²) in [4.78, 5) is 11.2. The fraction of sp³-hybridized carbons (Fsp3) is 0.909. The van der Waals surface area contributed by atoms with Crippen molar-refractivity contribution in [3.05, 3.63) is 0 Å². The Bertz CT molecular complexity index is 198. The monoisotopic (exact) mass is 232 g/mol. The number of hydrogen-bond acceptors (Lipinski definition) is 4. The van der Waals surface area contributed by atoms with Crippen molar-refractivity contribution in [1.29, 1.82) is 0 Å². The average Bonchev–Trinajstić information content (AvgIpc) is 2.15. The highest BCUT2D eigenvalue weighted by molar-refractivity contribution is 5.67. The maximum atomic E-state index is 11.2. The largest absolute Gasteiger partial charge is 0.444 e. The van der Waals surface area contributed by atoms with E-state index in [1.807, 2.05) is 27.7 Å². The molecule has 0 radical (unpaired) electrons. The van der Waals surface area contributed by atoms with Crippen molar-refractivity contribution in [3.63, 3.8) is 0 Å². The molecule has 0 fully saturated rings. The van der Waals surface area contributed by atoms with Gasteiger partial charge in [0.2, 0.25) is 0 Å². The third kappa shape index (κ3) is 8.49. The molecule has 0 unspecified atom stereocenters. The molecule has 0 aromatic rings. The van der Waals surface area contributed by atoms with Gasteiger partial charge < -0.3 is 20.5 Å². The summed E-state index contributed by atoms with van der Waals surface area (Å²) in [5.41, 5.74) is -0.464. The third-order valence-corrected chi connectivity index (χ3v) is 1.94. The quantitative estimate of drug-likeness (QED) is 0.594. The molecule has 3 N–H and O–H groups in total. The number of ether oxygens (including phenoxy) is 1. The number of carbonyl (C=O) groups is 1. The Morgan fingerprint density at radius 2 is 2.00 bits per heavy atom. The average molecular weight is 232 g/mol. The molecule has 0 saturated carbocycles. The van der Waals surface area contributed by atoms with Gasteiger partial charge in [-0.15, -0.1) is 0 Å². The molecule has 0 aromatic heterocycles. The molecule has 0 aliphatic rings. The molecule has 0 aliphatic carbocycles. The molecule has 0 bridgehead atoms. The zero-order valence-corrected chi connectivity index (χ0v) is 10.7. The normalized spacial score (nSPS) is 13.3. The van der Waals surface area contributed by atoms with E-state index in [9.17, 15) is 4.79 Å². The second-order valence-electron chi connectivity index (χ2n) is 4.67. The van der Waals surface area contributed by atoms with Crippen LogP contribution in [-0.2, 0) is 4.74 Å². The Balaban J connectivity index is 3.55. The smallest absolute Gasteiger partial charge is 0.407 e. The fourth-order valence-electron chi connectivity index (χ4n) is 1.09. The summed E-state index contributed by atoms with van der Waals surface area (Å²) >= 11 is 0. The second-order valence-corrected chi connectivity index (χ2v) is 4.67. The van der Waals surface area contributed by atoms with Crippen LogP contribution in [0, 0.1) is 0 Å². The zero-order chi connectivity index (χ0) is 12.6. The molecular formula is C11H24N2O3. The van der Waals surface area contributed by atoms with Crippen LogP contribution in [0.2, 0.25) is 0 Å². The summed E-state index contributed by atoms with van der Waals surface area (Å²) < 4.78 is 5.07. The van der Waals surface area contributed by atoms with E-state index in [0.717, 1.165) is 6.42 Å². The van der Waals surface area contributed by atoms with E-state index in [2.05, 4.69) is 10.6 Å². The summed E-state index contributed by atoms with van der Waals surface area (Å²) in [7, 11) is 0. The lowest BCUT2D eigenvalue weighted by atomic mass is 10.2. The Kier molecular flexibility index (Phi) is 7.08. The Morgan fingerprint density at radius 1 is 1.38 bits per heavy atom. The van der Waals surface area contributed by atoms with Gasteiger partial charge in [0, 0.05) is 19.1 Å². The lowest BCUT2D eigenvalue weighted by Crippen LogP contribution is -2.40. The topological polar surface area (TPSA) is 70.6 Å². The molecule has 0 aromatic carbocycles. The van der Waals surface area contributed by atoms with Crippen molar-refractivity contribution in [1.82, 2.24) is 10.6 Å². The van der Waals surface area contributed by atoms with E-state index in [0.29, 0.717) is 13.1 Å². The lowest BCUT2D eigenvalue weighted by molar-refractivity contribution is 0.0527. The molecule has 16 heavy (non-hydrogen) atoms. The van der Waals surface area contributed by atoms with E-state index in [-0.39, 0.29) is 12.6 Å². The maximum Gasteiger partial charge on any atom is 0.407 e. The van der Waals surface area contributed by atoms with Gasteiger partial charge >= 0.3 is 6.09 Å². The molecule has 1 atom stereocenters. The first-order valence-corrected chi connectivity index (χ1v) is 5.70. The lowest BCUT2D eigenvalue weighted by Gasteiger charge is -2.20. The highest BCUT2D eigenvalue weighted by Crippen LogP contribution is 2.05. The van der Waals surface area contributed by atoms with Gasteiger partial charge in [-0.25, -0.2) is 4.79 Å². The van der Waals surface area contributed by atoms with Gasteiger partial charge in [-0.1, -0.05) is 6.92 Å². The molecule has 0 spiro atoms. The Hall–Kier alpha value is -0.810. The molecule has 0 aliphatic heterocycles.